The predicted molar refractivity (Wildman–Crippen MR) is 79.9 cm³/mol. The molecule has 3 nitrogen and oxygen atoms in total. The molecule has 0 aliphatic rings. The van der Waals surface area contributed by atoms with E-state index >= 15 is 0 Å². The van der Waals surface area contributed by atoms with E-state index in [9.17, 15) is 14.0 Å². The summed E-state index contributed by atoms with van der Waals surface area (Å²) in [7, 11) is 0. The van der Waals surface area contributed by atoms with Crippen molar-refractivity contribution >= 4 is 35.5 Å². The van der Waals surface area contributed by atoms with E-state index < -0.39 is 18.6 Å². The quantitative estimate of drug-likeness (QED) is 0.815. The third-order valence-electron chi connectivity index (χ3n) is 2.35. The first kappa shape index (κ1) is 12.8. The van der Waals surface area contributed by atoms with Gasteiger partial charge in [0.15, 0.2) is 6.29 Å². The van der Waals surface area contributed by atoms with Crippen LogP contribution in [0.25, 0.3) is 0 Å². The van der Waals surface area contributed by atoms with Crippen molar-refractivity contribution in [3.05, 3.63) is 69.0 Å². The fourth-order valence-corrected chi connectivity index (χ4v) is 1.83. The van der Waals surface area contributed by atoms with E-state index in [0.717, 1.165) is 0 Å². The molecule has 0 bridgehead atoms. The molecule has 0 saturated heterocycles. The lowest BCUT2D eigenvalue weighted by atomic mass is 10.1. The van der Waals surface area contributed by atoms with Crippen molar-refractivity contribution in [1.29, 1.82) is 0 Å². The lowest BCUT2D eigenvalue weighted by Gasteiger charge is -2.00. The Morgan fingerprint density at radius 2 is 1.86 bits per heavy atom. The van der Waals surface area contributed by atoms with Crippen molar-refractivity contribution < 1.29 is 23.2 Å². The van der Waals surface area contributed by atoms with Crippen LogP contribution in [-0.4, -0.2) is 17.4 Å². The number of hydrogen-bond acceptors (Lipinski definition) is 2. The molecule has 1 N–H and O–H groups in total. The molecule has 2 aromatic rings. The fraction of sp³-hybridized carbons (Fsp3) is 0.0667. The molecule has 2 aromatic carbocycles. The molecule has 0 atom stereocenters. The first-order valence-corrected chi connectivity index (χ1v) is 6.26. The number of aromatic carboxylic acids is 1. The monoisotopic (exact) mass is 331 g/mol. The molecular formula is C15H11Cl2FO3. The van der Waals surface area contributed by atoms with E-state index in [2.05, 4.69) is 0 Å². The topological polar surface area (TPSA) is 54.4 Å². The van der Waals surface area contributed by atoms with Crippen LogP contribution in [0.4, 0.5) is 4.39 Å². The van der Waals surface area contributed by atoms with Gasteiger partial charge in [0.2, 0.25) is 0 Å². The van der Waals surface area contributed by atoms with Crippen molar-refractivity contribution in [1.82, 2.24) is 0 Å². The highest BCUT2D eigenvalue weighted by atomic mass is 35.5. The lowest BCUT2D eigenvalue weighted by molar-refractivity contribution is 0.0696. The molecule has 0 fully saturated rings. The number of carboxylic acids is 1. The van der Waals surface area contributed by atoms with Crippen LogP contribution in [0, 0.1) is 12.7 Å². The molecule has 0 amide bonds. The summed E-state index contributed by atoms with van der Waals surface area (Å²) in [6.07, 6.45) is 0.400. The molecule has 0 heterocycles. The Bertz CT molecular complexity index is 744. The highest BCUT2D eigenvalue weighted by molar-refractivity contribution is 6.33. The maximum atomic E-state index is 12.5. The van der Waals surface area contributed by atoms with Crippen LogP contribution in [0.15, 0.2) is 36.4 Å². The summed E-state index contributed by atoms with van der Waals surface area (Å²) < 4.78 is 33.9. The highest BCUT2D eigenvalue weighted by Gasteiger charge is 2.10. The van der Waals surface area contributed by atoms with Gasteiger partial charge >= 0.3 is 5.97 Å². The Labute approximate surface area is 135 Å². The average Bonchev–Trinajstić information content (AvgIpc) is 2.46. The molecule has 0 aliphatic heterocycles. The second-order valence-electron chi connectivity index (χ2n) is 3.72. The van der Waals surface area contributed by atoms with Crippen molar-refractivity contribution in [2.24, 2.45) is 0 Å². The number of carbonyl (C=O) groups excluding carboxylic acids is 1. The Balaban J connectivity index is 0.000000254. The third-order valence-corrected chi connectivity index (χ3v) is 2.99. The molecule has 0 radical (unpaired) electrons. The Kier molecular flexibility index (Phi) is 4.73. The minimum absolute atomic E-state index is 0.0638. The largest absolute Gasteiger partial charge is 0.478 e. The van der Waals surface area contributed by atoms with Gasteiger partial charge in [-0.15, -0.1) is 0 Å². The third kappa shape index (κ3) is 4.55. The number of carboxylic acid groups (broad SMARTS) is 1. The average molecular weight is 332 g/mol. The van der Waals surface area contributed by atoms with E-state index in [1.165, 1.54) is 36.4 Å². The summed E-state index contributed by atoms with van der Waals surface area (Å²) in [5.74, 6) is -1.91. The van der Waals surface area contributed by atoms with Gasteiger partial charge < -0.3 is 5.11 Å². The van der Waals surface area contributed by atoms with E-state index in [1.807, 2.05) is 0 Å². The van der Waals surface area contributed by atoms with Gasteiger partial charge in [-0.25, -0.2) is 9.18 Å². The Hall–Kier alpha value is -1.91. The SMILES string of the molecule is O=Cc1c(F)cccc1Cl.[2H]C([2H])([2H])c1cccc(Cl)c1C(=O)O. The second-order valence-corrected chi connectivity index (χ2v) is 4.54. The number of carbonyl (C=O) groups is 2. The van der Waals surface area contributed by atoms with Crippen molar-refractivity contribution in [2.75, 3.05) is 0 Å². The van der Waals surface area contributed by atoms with E-state index in [4.69, 9.17) is 32.4 Å². The summed E-state index contributed by atoms with van der Waals surface area (Å²) in [5, 5.41) is 8.86. The second kappa shape index (κ2) is 7.76. The van der Waals surface area contributed by atoms with Crippen molar-refractivity contribution in [2.45, 2.75) is 6.85 Å². The van der Waals surface area contributed by atoms with Crippen LogP contribution in [0.2, 0.25) is 10.0 Å². The predicted octanol–water partition coefficient (Wildman–Crippen LogP) is 4.64. The number of aldehydes is 1. The summed E-state index contributed by atoms with van der Waals surface area (Å²) in [5.41, 5.74) is -0.671. The van der Waals surface area contributed by atoms with E-state index in [1.54, 1.807) is 0 Å². The molecule has 0 spiro atoms. The minimum Gasteiger partial charge on any atom is -0.478 e. The zero-order chi connectivity index (χ0) is 18.5. The maximum Gasteiger partial charge on any atom is 0.337 e. The van der Waals surface area contributed by atoms with Crippen LogP contribution < -0.4 is 0 Å². The summed E-state index contributed by atoms with van der Waals surface area (Å²) in [6, 6.07) is 8.10. The maximum absolute atomic E-state index is 12.5. The molecule has 21 heavy (non-hydrogen) atoms. The molecule has 110 valence electrons. The van der Waals surface area contributed by atoms with Crippen molar-refractivity contribution in [3.63, 3.8) is 0 Å². The Morgan fingerprint density at radius 1 is 1.24 bits per heavy atom. The first-order valence-electron chi connectivity index (χ1n) is 7.01. The van der Waals surface area contributed by atoms with Gasteiger partial charge in [0, 0.05) is 4.11 Å². The number of benzene rings is 2. The highest BCUT2D eigenvalue weighted by Crippen LogP contribution is 2.18. The number of hydrogen-bond donors (Lipinski definition) is 1. The van der Waals surface area contributed by atoms with Gasteiger partial charge in [0.05, 0.1) is 21.2 Å². The van der Waals surface area contributed by atoms with Gasteiger partial charge in [0.25, 0.3) is 0 Å². The fourth-order valence-electron chi connectivity index (χ4n) is 1.36. The van der Waals surface area contributed by atoms with Gasteiger partial charge in [-0.05, 0) is 30.6 Å². The van der Waals surface area contributed by atoms with Crippen molar-refractivity contribution in [3.8, 4) is 0 Å². The molecule has 0 aromatic heterocycles. The molecule has 6 heteroatoms. The van der Waals surface area contributed by atoms with Gasteiger partial charge in [-0.2, -0.15) is 0 Å². The summed E-state index contributed by atoms with van der Waals surface area (Å²) in [4.78, 5) is 20.9. The molecule has 2 rings (SSSR count). The summed E-state index contributed by atoms with van der Waals surface area (Å²) in [6.45, 7) is -2.46. The van der Waals surface area contributed by atoms with Gasteiger partial charge in [-0.3, -0.25) is 4.79 Å². The molecule has 0 saturated carbocycles. The molecule has 0 unspecified atom stereocenters. The lowest BCUT2D eigenvalue weighted by Crippen LogP contribution is -1.99. The normalized spacial score (nSPS) is 12.2. The van der Waals surface area contributed by atoms with Crippen LogP contribution >= 0.6 is 23.2 Å². The smallest absolute Gasteiger partial charge is 0.337 e. The van der Waals surface area contributed by atoms with Crippen LogP contribution in [-0.2, 0) is 0 Å². The van der Waals surface area contributed by atoms with E-state index in [0.29, 0.717) is 6.29 Å². The van der Waals surface area contributed by atoms with Gasteiger partial charge in [-0.1, -0.05) is 41.4 Å². The number of rotatable bonds is 2. The minimum atomic E-state index is -2.46. The molecular weight excluding hydrogens is 318 g/mol. The Morgan fingerprint density at radius 3 is 2.29 bits per heavy atom. The first-order chi connectivity index (χ1) is 11.1. The van der Waals surface area contributed by atoms with Gasteiger partial charge in [0.1, 0.15) is 5.82 Å². The van der Waals surface area contributed by atoms with E-state index in [-0.39, 0.29) is 26.7 Å². The number of aryl methyl sites for hydroxylation is 1. The van der Waals surface area contributed by atoms with Crippen LogP contribution in [0.5, 0.6) is 0 Å². The standard InChI is InChI=1S/C8H7ClO2.C7H4ClFO/c1-5-3-2-4-6(9)7(5)8(10)11;8-6-2-1-3-7(9)5(6)4-10/h2-4H,1H3,(H,10,11);1-4H/i1D3;. The number of halogens is 3. The zero-order valence-electron chi connectivity index (χ0n) is 13.4. The summed E-state index contributed by atoms with van der Waals surface area (Å²) >= 11 is 11.1. The van der Waals surface area contributed by atoms with Crippen LogP contribution in [0.1, 0.15) is 30.4 Å². The van der Waals surface area contributed by atoms with Crippen LogP contribution in [0.3, 0.4) is 0 Å². The zero-order valence-corrected chi connectivity index (χ0v) is 12.0. The molecule has 0 aliphatic carbocycles.